The third-order valence-electron chi connectivity index (χ3n) is 5.21. The Morgan fingerprint density at radius 3 is 2.00 bits per heavy atom. The van der Waals surface area contributed by atoms with E-state index in [1.807, 2.05) is 92.7 Å². The molecule has 32 heavy (non-hydrogen) atoms. The molecule has 2 atom stereocenters. The Morgan fingerprint density at radius 1 is 0.812 bits per heavy atom. The molecule has 0 aliphatic rings. The van der Waals surface area contributed by atoms with E-state index in [0.717, 1.165) is 28.0 Å². The van der Waals surface area contributed by atoms with Crippen molar-refractivity contribution < 1.29 is 14.3 Å². The molecule has 2 unspecified atom stereocenters. The lowest BCUT2D eigenvalue weighted by Crippen LogP contribution is -2.34. The van der Waals surface area contributed by atoms with Crippen molar-refractivity contribution in [3.05, 3.63) is 101 Å². The quantitative estimate of drug-likeness (QED) is 0.509. The molecule has 0 saturated heterocycles. The van der Waals surface area contributed by atoms with Crippen molar-refractivity contribution in [2.75, 3.05) is 6.61 Å². The van der Waals surface area contributed by atoms with Crippen LogP contribution in [0.25, 0.3) is 0 Å². The maximum Gasteiger partial charge on any atom is 0.223 e. The van der Waals surface area contributed by atoms with Crippen LogP contribution in [0, 0.1) is 6.92 Å². The summed E-state index contributed by atoms with van der Waals surface area (Å²) in [5, 5.41) is 6.06. The molecule has 166 valence electrons. The lowest BCUT2D eigenvalue weighted by Gasteiger charge is -2.23. The molecule has 5 nitrogen and oxygen atoms in total. The lowest BCUT2D eigenvalue weighted by molar-refractivity contribution is -0.123. The molecular weight excluding hydrogens is 400 g/mol. The fourth-order valence-corrected chi connectivity index (χ4v) is 3.63. The number of ether oxygens (including phenoxy) is 1. The molecule has 2 N–H and O–H groups in total. The fraction of sp³-hybridized carbons (Fsp3) is 0.259. The Bertz CT molecular complexity index is 1020. The molecule has 0 aliphatic carbocycles. The average molecular weight is 431 g/mol. The highest BCUT2D eigenvalue weighted by Gasteiger charge is 2.21. The number of carbonyl (C=O) groups excluding carboxylic acids is 2. The summed E-state index contributed by atoms with van der Waals surface area (Å²) in [6.45, 7) is 6.01. The Morgan fingerprint density at radius 2 is 1.41 bits per heavy atom. The number of benzene rings is 3. The van der Waals surface area contributed by atoms with Crippen LogP contribution in [0.4, 0.5) is 0 Å². The zero-order valence-electron chi connectivity index (χ0n) is 18.8. The SMILES string of the molecule is CCOc1ccc(C(NC(=O)CC(NC(C)=O)c2ccc(C)cc2)c2ccccc2)cc1. The second-order valence-electron chi connectivity index (χ2n) is 7.78. The van der Waals surface area contributed by atoms with Crippen LogP contribution >= 0.6 is 0 Å². The summed E-state index contributed by atoms with van der Waals surface area (Å²) in [5.74, 6) is 0.473. The first-order valence-corrected chi connectivity index (χ1v) is 10.9. The van der Waals surface area contributed by atoms with E-state index >= 15 is 0 Å². The second kappa shape index (κ2) is 11.1. The van der Waals surface area contributed by atoms with E-state index in [0.29, 0.717) is 6.61 Å². The minimum Gasteiger partial charge on any atom is -0.494 e. The number of aryl methyl sites for hydroxylation is 1. The van der Waals surface area contributed by atoms with Gasteiger partial charge >= 0.3 is 0 Å². The standard InChI is InChI=1S/C27H30N2O3/c1-4-32-24-16-14-23(15-17-24)27(22-8-6-5-7-9-22)29-26(31)18-25(28-20(3)30)21-12-10-19(2)11-13-21/h5-17,25,27H,4,18H2,1-3H3,(H,28,30)(H,29,31). The van der Waals surface area contributed by atoms with Gasteiger partial charge in [0.1, 0.15) is 5.75 Å². The Balaban J connectivity index is 1.82. The van der Waals surface area contributed by atoms with Crippen LogP contribution in [-0.4, -0.2) is 18.4 Å². The minimum absolute atomic E-state index is 0.142. The van der Waals surface area contributed by atoms with Crippen LogP contribution in [0.1, 0.15) is 54.6 Å². The number of hydrogen-bond acceptors (Lipinski definition) is 3. The molecular formula is C27H30N2O3. The molecule has 0 heterocycles. The number of hydrogen-bond donors (Lipinski definition) is 2. The number of rotatable bonds is 9. The van der Waals surface area contributed by atoms with Gasteiger partial charge in [-0.05, 0) is 42.7 Å². The van der Waals surface area contributed by atoms with Gasteiger partial charge in [-0.1, -0.05) is 72.3 Å². The lowest BCUT2D eigenvalue weighted by atomic mass is 9.97. The van der Waals surface area contributed by atoms with Gasteiger partial charge in [0.2, 0.25) is 11.8 Å². The third kappa shape index (κ3) is 6.45. The predicted molar refractivity (Wildman–Crippen MR) is 126 cm³/mol. The topological polar surface area (TPSA) is 67.4 Å². The maximum atomic E-state index is 13.1. The molecule has 0 fully saturated rings. The second-order valence-corrected chi connectivity index (χ2v) is 7.78. The van der Waals surface area contributed by atoms with Crippen LogP contribution in [0.2, 0.25) is 0 Å². The first-order chi connectivity index (χ1) is 15.5. The van der Waals surface area contributed by atoms with Crippen molar-refractivity contribution in [3.8, 4) is 5.75 Å². The zero-order chi connectivity index (χ0) is 22.9. The molecule has 2 amide bonds. The van der Waals surface area contributed by atoms with Gasteiger partial charge in [0, 0.05) is 6.92 Å². The summed E-state index contributed by atoms with van der Waals surface area (Å²) in [5.41, 5.74) is 3.97. The maximum absolute atomic E-state index is 13.1. The minimum atomic E-state index is -0.398. The van der Waals surface area contributed by atoms with Gasteiger partial charge in [0.05, 0.1) is 25.1 Å². The molecule has 0 spiro atoms. The van der Waals surface area contributed by atoms with E-state index in [4.69, 9.17) is 4.74 Å². The van der Waals surface area contributed by atoms with E-state index < -0.39 is 6.04 Å². The third-order valence-corrected chi connectivity index (χ3v) is 5.21. The summed E-state index contributed by atoms with van der Waals surface area (Å²) in [6.07, 6.45) is 0.142. The summed E-state index contributed by atoms with van der Waals surface area (Å²) >= 11 is 0. The number of amides is 2. The Labute approximate surface area is 189 Å². The molecule has 0 aromatic heterocycles. The van der Waals surface area contributed by atoms with Crippen LogP contribution < -0.4 is 15.4 Å². The molecule has 3 rings (SSSR count). The first-order valence-electron chi connectivity index (χ1n) is 10.9. The Kier molecular flexibility index (Phi) is 8.03. The molecule has 0 radical (unpaired) electrons. The monoisotopic (exact) mass is 430 g/mol. The summed E-state index contributed by atoms with van der Waals surface area (Å²) in [4.78, 5) is 24.9. The highest BCUT2D eigenvalue weighted by atomic mass is 16.5. The van der Waals surface area contributed by atoms with Gasteiger partial charge < -0.3 is 15.4 Å². The van der Waals surface area contributed by atoms with Gasteiger partial charge in [0.15, 0.2) is 0 Å². The van der Waals surface area contributed by atoms with Crippen LogP contribution in [-0.2, 0) is 9.59 Å². The molecule has 0 aliphatic heterocycles. The van der Waals surface area contributed by atoms with E-state index in [2.05, 4.69) is 10.6 Å². The normalized spacial score (nSPS) is 12.5. The summed E-state index contributed by atoms with van der Waals surface area (Å²) < 4.78 is 5.55. The van der Waals surface area contributed by atoms with Gasteiger partial charge in [-0.3, -0.25) is 9.59 Å². The van der Waals surface area contributed by atoms with Crippen molar-refractivity contribution in [1.82, 2.24) is 10.6 Å². The molecule has 5 heteroatoms. The van der Waals surface area contributed by atoms with Gasteiger partial charge in [-0.2, -0.15) is 0 Å². The van der Waals surface area contributed by atoms with E-state index in [9.17, 15) is 9.59 Å². The van der Waals surface area contributed by atoms with Gasteiger partial charge in [0.25, 0.3) is 0 Å². The molecule has 3 aromatic rings. The highest BCUT2D eigenvalue weighted by molar-refractivity contribution is 5.80. The zero-order valence-corrected chi connectivity index (χ0v) is 18.8. The Hall–Kier alpha value is -3.60. The van der Waals surface area contributed by atoms with Crippen molar-refractivity contribution in [2.24, 2.45) is 0 Å². The highest BCUT2D eigenvalue weighted by Crippen LogP contribution is 2.25. The predicted octanol–water partition coefficient (Wildman–Crippen LogP) is 4.87. The first kappa shape index (κ1) is 23.1. The molecule has 3 aromatic carbocycles. The van der Waals surface area contributed by atoms with E-state index in [1.54, 1.807) is 0 Å². The smallest absolute Gasteiger partial charge is 0.223 e. The number of nitrogens with one attached hydrogen (secondary N) is 2. The van der Waals surface area contributed by atoms with Crippen molar-refractivity contribution in [2.45, 2.75) is 39.3 Å². The van der Waals surface area contributed by atoms with Gasteiger partial charge in [-0.25, -0.2) is 0 Å². The van der Waals surface area contributed by atoms with E-state index in [1.165, 1.54) is 6.92 Å². The fourth-order valence-electron chi connectivity index (χ4n) is 3.63. The largest absolute Gasteiger partial charge is 0.494 e. The van der Waals surface area contributed by atoms with Crippen molar-refractivity contribution in [3.63, 3.8) is 0 Å². The van der Waals surface area contributed by atoms with Gasteiger partial charge in [-0.15, -0.1) is 0 Å². The van der Waals surface area contributed by atoms with E-state index in [-0.39, 0.29) is 24.3 Å². The molecule has 0 saturated carbocycles. The average Bonchev–Trinajstić information content (AvgIpc) is 2.79. The van der Waals surface area contributed by atoms with Crippen molar-refractivity contribution >= 4 is 11.8 Å². The summed E-state index contributed by atoms with van der Waals surface area (Å²) in [7, 11) is 0. The van der Waals surface area contributed by atoms with Crippen LogP contribution in [0.5, 0.6) is 5.75 Å². The van der Waals surface area contributed by atoms with Crippen LogP contribution in [0.15, 0.2) is 78.9 Å². The number of carbonyl (C=O) groups is 2. The summed E-state index contributed by atoms with van der Waals surface area (Å²) in [6, 6.07) is 24.7. The van der Waals surface area contributed by atoms with Crippen LogP contribution in [0.3, 0.4) is 0 Å². The molecule has 0 bridgehead atoms. The van der Waals surface area contributed by atoms with Crippen molar-refractivity contribution in [1.29, 1.82) is 0 Å².